The van der Waals surface area contributed by atoms with Crippen LogP contribution in [0.3, 0.4) is 0 Å². The molecule has 3 heterocycles. The van der Waals surface area contributed by atoms with Gasteiger partial charge in [0.25, 0.3) is 5.91 Å². The van der Waals surface area contributed by atoms with Crippen LogP contribution in [0.4, 0.5) is 39.0 Å². The largest absolute Gasteiger partial charge is 0.419 e. The number of rotatable bonds is 0. The minimum absolute atomic E-state index is 0.141. The topological polar surface area (TPSA) is 68.4 Å². The van der Waals surface area contributed by atoms with Gasteiger partial charge in [-0.2, -0.15) is 13.2 Å². The maximum atomic E-state index is 14.6. The molecule has 5 rings (SSSR count). The summed E-state index contributed by atoms with van der Waals surface area (Å²) in [5, 5.41) is 3.17. The van der Waals surface area contributed by atoms with E-state index >= 15 is 0 Å². The number of carbonyl (C=O) groups excluding carboxylic acids is 1. The summed E-state index contributed by atoms with van der Waals surface area (Å²) in [6.45, 7) is 1.87. The Balaban J connectivity index is 1.81. The van der Waals surface area contributed by atoms with Crippen LogP contribution in [0.5, 0.6) is 0 Å². The molecule has 182 valence electrons. The van der Waals surface area contributed by atoms with E-state index in [0.29, 0.717) is 53.3 Å². The first-order chi connectivity index (χ1) is 16.6. The molecule has 1 aromatic heterocycles. The Kier molecular flexibility index (Phi) is 5.39. The molecule has 0 fully saturated rings. The molecule has 0 radical (unpaired) electrons. The van der Waals surface area contributed by atoms with E-state index in [1.165, 1.54) is 34.1 Å². The zero-order valence-electron chi connectivity index (χ0n) is 18.4. The fourth-order valence-electron chi connectivity index (χ4n) is 4.56. The number of carbonyl (C=O) groups is 1. The van der Waals surface area contributed by atoms with Crippen molar-refractivity contribution in [2.24, 2.45) is 0 Å². The number of nitrogens with one attached hydrogen (secondary N) is 2. The first-order valence-corrected chi connectivity index (χ1v) is 10.8. The first kappa shape index (κ1) is 23.0. The normalized spacial score (nSPS) is 15.8. The van der Waals surface area contributed by atoms with Gasteiger partial charge < -0.3 is 15.2 Å². The van der Waals surface area contributed by atoms with E-state index in [4.69, 9.17) is 0 Å². The van der Waals surface area contributed by atoms with Gasteiger partial charge in [0.15, 0.2) is 0 Å². The second kappa shape index (κ2) is 8.19. The molecular weight excluding hydrogens is 471 g/mol. The molecule has 35 heavy (non-hydrogen) atoms. The number of halogens is 5. The third kappa shape index (κ3) is 3.85. The number of alkyl halides is 3. The molecule has 0 atom stereocenters. The number of amides is 1. The van der Waals surface area contributed by atoms with Crippen LogP contribution in [-0.4, -0.2) is 24.1 Å². The number of hydrogen-bond acceptors (Lipinski definition) is 4. The lowest BCUT2D eigenvalue weighted by molar-refractivity contribution is -0.139. The molecule has 1 amide bonds. The highest BCUT2D eigenvalue weighted by molar-refractivity contribution is 6.13. The lowest BCUT2D eigenvalue weighted by atomic mass is 9.99. The van der Waals surface area contributed by atoms with E-state index < -0.39 is 29.3 Å². The van der Waals surface area contributed by atoms with Crippen LogP contribution in [0.25, 0.3) is 0 Å². The number of benzene rings is 2. The van der Waals surface area contributed by atoms with E-state index in [1.807, 2.05) is 0 Å². The number of fused-ring (bicyclic) bond motifs is 8. The number of aromatic nitrogens is 1. The third-order valence-electron chi connectivity index (χ3n) is 6.36. The zero-order chi connectivity index (χ0) is 25.1. The summed E-state index contributed by atoms with van der Waals surface area (Å²) in [5.41, 5.74) is -0.375. The maximum Gasteiger partial charge on any atom is 0.419 e. The standard InChI is InChI=1S/C24H19F5N4O2/c1-12-14-10-30-7-6-18-20(4-5-22(34)31-18)33-11-32(19(14)3-2-16(12)25)21-9-15(24(27,28)29)17(26)8-13(21)23(33)35/h2-5,8-9,30H,6-7,10-11H2,1H3,(H,31,34). The third-order valence-corrected chi connectivity index (χ3v) is 6.36. The summed E-state index contributed by atoms with van der Waals surface area (Å²) in [6.07, 6.45) is -4.67. The fourth-order valence-corrected chi connectivity index (χ4v) is 4.56. The van der Waals surface area contributed by atoms with Gasteiger partial charge in [0, 0.05) is 37.0 Å². The van der Waals surface area contributed by atoms with Gasteiger partial charge in [-0.15, -0.1) is 0 Å². The molecular formula is C24H19F5N4O2. The highest BCUT2D eigenvalue weighted by Crippen LogP contribution is 2.43. The molecule has 11 heteroatoms. The monoisotopic (exact) mass is 490 g/mol. The van der Waals surface area contributed by atoms with E-state index in [1.54, 1.807) is 6.92 Å². The summed E-state index contributed by atoms with van der Waals surface area (Å²) in [7, 11) is 0. The van der Waals surface area contributed by atoms with E-state index in [-0.39, 0.29) is 30.0 Å². The summed E-state index contributed by atoms with van der Waals surface area (Å²) in [5.74, 6) is -2.78. The average Bonchev–Trinajstić information content (AvgIpc) is 2.81. The zero-order valence-corrected chi connectivity index (χ0v) is 18.4. The molecule has 2 aromatic carbocycles. The molecule has 0 unspecified atom stereocenters. The lowest BCUT2D eigenvalue weighted by Crippen LogP contribution is -2.46. The molecule has 2 aliphatic rings. The van der Waals surface area contributed by atoms with E-state index in [9.17, 15) is 31.5 Å². The van der Waals surface area contributed by atoms with Crippen molar-refractivity contribution in [1.29, 1.82) is 0 Å². The Morgan fingerprint density at radius 2 is 1.66 bits per heavy atom. The predicted octanol–water partition coefficient (Wildman–Crippen LogP) is 4.38. The molecule has 2 N–H and O–H groups in total. The Hall–Kier alpha value is -3.73. The number of H-pyrrole nitrogens is 1. The number of aromatic amines is 1. The molecule has 6 nitrogen and oxygen atoms in total. The van der Waals surface area contributed by atoms with Gasteiger partial charge in [-0.3, -0.25) is 14.5 Å². The van der Waals surface area contributed by atoms with Crippen molar-refractivity contribution in [3.05, 3.63) is 86.3 Å². The van der Waals surface area contributed by atoms with Crippen LogP contribution in [0.15, 0.2) is 41.2 Å². The van der Waals surface area contributed by atoms with E-state index in [0.717, 1.165) is 0 Å². The smallest absolute Gasteiger partial charge is 0.324 e. The Labute approximate surface area is 196 Å². The number of anilines is 3. The SMILES string of the molecule is Cc1c(F)ccc2c1CNCCc1[nH]c(=O)ccc1N1CN2c2cc(C(F)(F)F)c(F)cc2C1=O. The molecule has 0 saturated carbocycles. The maximum absolute atomic E-state index is 14.6. The minimum atomic E-state index is -4.98. The van der Waals surface area contributed by atoms with Crippen LogP contribution < -0.4 is 20.7 Å². The van der Waals surface area contributed by atoms with Gasteiger partial charge >= 0.3 is 6.18 Å². The lowest BCUT2D eigenvalue weighted by Gasteiger charge is -2.39. The molecule has 3 aromatic rings. The van der Waals surface area contributed by atoms with Crippen molar-refractivity contribution in [3.8, 4) is 0 Å². The molecule has 0 spiro atoms. The minimum Gasteiger partial charge on any atom is -0.324 e. The summed E-state index contributed by atoms with van der Waals surface area (Å²) in [6, 6.07) is 6.51. The Morgan fingerprint density at radius 1 is 0.914 bits per heavy atom. The fraction of sp³-hybridized carbons (Fsp3) is 0.250. The highest BCUT2D eigenvalue weighted by Gasteiger charge is 2.40. The van der Waals surface area contributed by atoms with Crippen LogP contribution in [0.1, 0.15) is 32.7 Å². The van der Waals surface area contributed by atoms with E-state index in [2.05, 4.69) is 10.3 Å². The number of pyridine rings is 1. The van der Waals surface area contributed by atoms with Gasteiger partial charge in [-0.25, -0.2) is 8.78 Å². The van der Waals surface area contributed by atoms with Crippen LogP contribution >= 0.6 is 0 Å². The van der Waals surface area contributed by atoms with Crippen molar-refractivity contribution in [2.75, 3.05) is 23.0 Å². The predicted molar refractivity (Wildman–Crippen MR) is 119 cm³/mol. The number of nitrogens with zero attached hydrogens (tertiary/aromatic N) is 2. The Bertz CT molecular complexity index is 1420. The van der Waals surface area contributed by atoms with Crippen LogP contribution in [-0.2, 0) is 19.1 Å². The molecule has 0 saturated heterocycles. The van der Waals surface area contributed by atoms with Crippen molar-refractivity contribution >= 4 is 23.0 Å². The highest BCUT2D eigenvalue weighted by atomic mass is 19.4. The summed E-state index contributed by atoms with van der Waals surface area (Å²) < 4.78 is 69.7. The quantitative estimate of drug-likeness (QED) is 0.459. The molecule has 0 aliphatic carbocycles. The summed E-state index contributed by atoms with van der Waals surface area (Å²) >= 11 is 0. The van der Waals surface area contributed by atoms with Gasteiger partial charge in [-0.05, 0) is 48.4 Å². The summed E-state index contributed by atoms with van der Waals surface area (Å²) in [4.78, 5) is 30.8. The molecule has 2 bridgehead atoms. The van der Waals surface area contributed by atoms with Gasteiger partial charge in [-0.1, -0.05) is 0 Å². The number of hydrogen-bond donors (Lipinski definition) is 2. The molecule has 2 aliphatic heterocycles. The van der Waals surface area contributed by atoms with Crippen molar-refractivity contribution < 1.29 is 26.7 Å². The van der Waals surface area contributed by atoms with Crippen molar-refractivity contribution in [2.45, 2.75) is 26.1 Å². The van der Waals surface area contributed by atoms with Gasteiger partial charge in [0.05, 0.1) is 22.5 Å². The van der Waals surface area contributed by atoms with Crippen LogP contribution in [0.2, 0.25) is 0 Å². The second-order valence-corrected chi connectivity index (χ2v) is 8.43. The Morgan fingerprint density at radius 3 is 2.40 bits per heavy atom. The van der Waals surface area contributed by atoms with Crippen molar-refractivity contribution in [1.82, 2.24) is 10.3 Å². The first-order valence-electron chi connectivity index (χ1n) is 10.8. The van der Waals surface area contributed by atoms with Crippen LogP contribution in [0, 0.1) is 18.6 Å². The second-order valence-electron chi connectivity index (χ2n) is 8.43. The average molecular weight is 490 g/mol. The van der Waals surface area contributed by atoms with Gasteiger partial charge in [0.2, 0.25) is 5.56 Å². The van der Waals surface area contributed by atoms with Gasteiger partial charge in [0.1, 0.15) is 18.3 Å². The van der Waals surface area contributed by atoms with Crippen molar-refractivity contribution in [3.63, 3.8) is 0 Å².